The monoisotopic (exact) mass is 256 g/mol. The quantitative estimate of drug-likeness (QED) is 0.754. The fraction of sp³-hybridized carbons (Fsp3) is 0.727. The lowest BCUT2D eigenvalue weighted by Crippen LogP contribution is -2.28. The van der Waals surface area contributed by atoms with E-state index >= 15 is 0 Å². The van der Waals surface area contributed by atoms with Crippen LogP contribution in [0.5, 0.6) is 0 Å². The summed E-state index contributed by atoms with van der Waals surface area (Å²) in [6.45, 7) is 7.00. The minimum atomic E-state index is 0.0995. The third-order valence-corrected chi connectivity index (χ3v) is 3.29. The Morgan fingerprint density at radius 1 is 1.53 bits per heavy atom. The number of carbonyl (C=O) groups excluding carboxylic acids is 1. The van der Waals surface area contributed by atoms with E-state index in [-0.39, 0.29) is 10.7 Å². The first-order chi connectivity index (χ1) is 7.97. The van der Waals surface area contributed by atoms with Crippen molar-refractivity contribution in [3.63, 3.8) is 0 Å². The van der Waals surface area contributed by atoms with Gasteiger partial charge in [-0.25, -0.2) is 4.98 Å². The largest absolute Gasteiger partial charge is 0.355 e. The van der Waals surface area contributed by atoms with E-state index in [1.54, 1.807) is 11.8 Å². The molecule has 0 bridgehead atoms. The number of carbonyl (C=O) groups is 1. The Hall–Kier alpha value is -1.04. The molecular formula is C11H20N4OS. The van der Waals surface area contributed by atoms with E-state index in [2.05, 4.69) is 41.3 Å². The first-order valence-corrected chi connectivity index (χ1v) is 6.71. The standard InChI is InChI=1S/C11H20N4OS/c1-11(2,3)17-7-10(16)12-6-4-5-9-13-8-14-15-9/h8H,4-7H2,1-3H3,(H,12,16)(H,13,14,15). The van der Waals surface area contributed by atoms with E-state index in [4.69, 9.17) is 0 Å². The van der Waals surface area contributed by atoms with E-state index in [0.29, 0.717) is 12.3 Å². The highest BCUT2D eigenvalue weighted by Crippen LogP contribution is 2.22. The third-order valence-electron chi connectivity index (χ3n) is 2.01. The summed E-state index contributed by atoms with van der Waals surface area (Å²) in [5.41, 5.74) is 0. The summed E-state index contributed by atoms with van der Waals surface area (Å²) in [5.74, 6) is 1.48. The van der Waals surface area contributed by atoms with Crippen molar-refractivity contribution >= 4 is 17.7 Å². The van der Waals surface area contributed by atoms with Crippen LogP contribution >= 0.6 is 11.8 Å². The zero-order chi connectivity index (χ0) is 12.7. The molecule has 0 spiro atoms. The van der Waals surface area contributed by atoms with Gasteiger partial charge in [-0.2, -0.15) is 5.10 Å². The second-order valence-electron chi connectivity index (χ2n) is 4.79. The normalized spacial score (nSPS) is 11.5. The Bertz CT molecular complexity index is 332. The van der Waals surface area contributed by atoms with Crippen LogP contribution < -0.4 is 5.32 Å². The van der Waals surface area contributed by atoms with Crippen LogP contribution in [0, 0.1) is 0 Å². The highest BCUT2D eigenvalue weighted by atomic mass is 32.2. The predicted octanol–water partition coefficient (Wildman–Crippen LogP) is 1.39. The summed E-state index contributed by atoms with van der Waals surface area (Å²) >= 11 is 1.66. The maximum Gasteiger partial charge on any atom is 0.230 e. The molecule has 1 rings (SSSR count). The minimum absolute atomic E-state index is 0.0995. The predicted molar refractivity (Wildman–Crippen MR) is 69.9 cm³/mol. The molecule has 0 atom stereocenters. The second-order valence-corrected chi connectivity index (χ2v) is 6.59. The topological polar surface area (TPSA) is 70.7 Å². The molecule has 0 aliphatic heterocycles. The second kappa shape index (κ2) is 6.64. The molecule has 17 heavy (non-hydrogen) atoms. The Kier molecular flexibility index (Phi) is 5.47. The molecule has 0 saturated heterocycles. The van der Waals surface area contributed by atoms with Gasteiger partial charge < -0.3 is 5.32 Å². The molecule has 0 aliphatic carbocycles. The summed E-state index contributed by atoms with van der Waals surface area (Å²) in [7, 11) is 0. The molecule has 2 N–H and O–H groups in total. The third kappa shape index (κ3) is 6.99. The number of amides is 1. The van der Waals surface area contributed by atoms with Gasteiger partial charge in [-0.15, -0.1) is 11.8 Å². The SMILES string of the molecule is CC(C)(C)SCC(=O)NCCCc1ncn[nH]1. The van der Waals surface area contributed by atoms with Crippen molar-refractivity contribution in [2.75, 3.05) is 12.3 Å². The fourth-order valence-electron chi connectivity index (χ4n) is 1.17. The van der Waals surface area contributed by atoms with Crippen LogP contribution in [0.1, 0.15) is 33.0 Å². The van der Waals surface area contributed by atoms with Crippen LogP contribution in [0.3, 0.4) is 0 Å². The van der Waals surface area contributed by atoms with Crippen LogP contribution in [0.15, 0.2) is 6.33 Å². The number of hydrogen-bond donors (Lipinski definition) is 2. The molecule has 96 valence electrons. The maximum absolute atomic E-state index is 11.5. The zero-order valence-electron chi connectivity index (χ0n) is 10.6. The number of rotatable bonds is 6. The summed E-state index contributed by atoms with van der Waals surface area (Å²) < 4.78 is 0.136. The molecule has 1 aromatic heterocycles. The lowest BCUT2D eigenvalue weighted by atomic mass is 10.3. The number of aryl methyl sites for hydroxylation is 1. The zero-order valence-corrected chi connectivity index (χ0v) is 11.4. The molecule has 0 radical (unpaired) electrons. The maximum atomic E-state index is 11.5. The van der Waals surface area contributed by atoms with Gasteiger partial charge in [0, 0.05) is 17.7 Å². The lowest BCUT2D eigenvalue weighted by molar-refractivity contribution is -0.118. The van der Waals surface area contributed by atoms with Gasteiger partial charge in [0.25, 0.3) is 0 Å². The highest BCUT2D eigenvalue weighted by Gasteiger charge is 2.12. The van der Waals surface area contributed by atoms with Gasteiger partial charge in [0.15, 0.2) is 0 Å². The van der Waals surface area contributed by atoms with Crippen LogP contribution in [-0.4, -0.2) is 38.1 Å². The van der Waals surface area contributed by atoms with Crippen molar-refractivity contribution in [2.24, 2.45) is 0 Å². The number of hydrogen-bond acceptors (Lipinski definition) is 4. The number of aromatic nitrogens is 3. The molecule has 0 aromatic carbocycles. The van der Waals surface area contributed by atoms with Crippen LogP contribution in [-0.2, 0) is 11.2 Å². The van der Waals surface area contributed by atoms with Gasteiger partial charge >= 0.3 is 0 Å². The summed E-state index contributed by atoms with van der Waals surface area (Å²) in [5, 5.41) is 9.45. The first-order valence-electron chi connectivity index (χ1n) is 5.72. The molecule has 5 nitrogen and oxygen atoms in total. The van der Waals surface area contributed by atoms with Gasteiger partial charge in [0.2, 0.25) is 5.91 Å². The van der Waals surface area contributed by atoms with Gasteiger partial charge in [0.05, 0.1) is 5.75 Å². The molecule has 0 aliphatic rings. The Morgan fingerprint density at radius 2 is 2.29 bits per heavy atom. The van der Waals surface area contributed by atoms with Crippen LogP contribution in [0.4, 0.5) is 0 Å². The molecule has 1 aromatic rings. The van der Waals surface area contributed by atoms with Gasteiger partial charge in [0.1, 0.15) is 12.2 Å². The van der Waals surface area contributed by atoms with Gasteiger partial charge in [-0.3, -0.25) is 9.89 Å². The average molecular weight is 256 g/mol. The van der Waals surface area contributed by atoms with Crippen molar-refractivity contribution in [2.45, 2.75) is 38.4 Å². The number of aromatic amines is 1. The first kappa shape index (κ1) is 14.0. The fourth-order valence-corrected chi connectivity index (χ4v) is 1.83. The Labute approximate surface area is 106 Å². The molecule has 1 amide bonds. The van der Waals surface area contributed by atoms with Crippen molar-refractivity contribution in [3.05, 3.63) is 12.2 Å². The van der Waals surface area contributed by atoms with Gasteiger partial charge in [-0.1, -0.05) is 20.8 Å². The number of nitrogens with zero attached hydrogens (tertiary/aromatic N) is 2. The summed E-state index contributed by atoms with van der Waals surface area (Å²) in [4.78, 5) is 15.5. The lowest BCUT2D eigenvalue weighted by Gasteiger charge is -2.16. The molecule has 0 fully saturated rings. The van der Waals surface area contributed by atoms with E-state index in [1.807, 2.05) is 0 Å². The van der Waals surface area contributed by atoms with Crippen molar-refractivity contribution < 1.29 is 4.79 Å². The van der Waals surface area contributed by atoms with Gasteiger partial charge in [-0.05, 0) is 6.42 Å². The average Bonchev–Trinajstić information content (AvgIpc) is 2.73. The molecule has 0 saturated carbocycles. The van der Waals surface area contributed by atoms with E-state index in [1.165, 1.54) is 6.33 Å². The molecule has 6 heteroatoms. The number of thioether (sulfide) groups is 1. The highest BCUT2D eigenvalue weighted by molar-refractivity contribution is 8.01. The Morgan fingerprint density at radius 3 is 2.88 bits per heavy atom. The molecular weight excluding hydrogens is 236 g/mol. The number of nitrogens with one attached hydrogen (secondary N) is 2. The molecule has 1 heterocycles. The van der Waals surface area contributed by atoms with Crippen LogP contribution in [0.25, 0.3) is 0 Å². The van der Waals surface area contributed by atoms with Crippen molar-refractivity contribution in [1.82, 2.24) is 20.5 Å². The summed E-state index contributed by atoms with van der Waals surface area (Å²) in [6, 6.07) is 0. The van der Waals surface area contributed by atoms with Crippen LogP contribution in [0.2, 0.25) is 0 Å². The minimum Gasteiger partial charge on any atom is -0.355 e. The van der Waals surface area contributed by atoms with E-state index in [9.17, 15) is 4.79 Å². The number of H-pyrrole nitrogens is 1. The molecule has 0 unspecified atom stereocenters. The van der Waals surface area contributed by atoms with E-state index < -0.39 is 0 Å². The smallest absolute Gasteiger partial charge is 0.230 e. The summed E-state index contributed by atoms with van der Waals surface area (Å²) in [6.07, 6.45) is 3.18. The van der Waals surface area contributed by atoms with E-state index in [0.717, 1.165) is 18.7 Å². The van der Waals surface area contributed by atoms with Crippen molar-refractivity contribution in [1.29, 1.82) is 0 Å². The van der Waals surface area contributed by atoms with Crippen molar-refractivity contribution in [3.8, 4) is 0 Å². The Balaban J connectivity index is 2.04.